The first-order valence-electron chi connectivity index (χ1n) is 26.2. The van der Waals surface area contributed by atoms with E-state index < -0.39 is 65.5 Å². The summed E-state index contributed by atoms with van der Waals surface area (Å²) in [4.78, 5) is 108. The van der Waals surface area contributed by atoms with Gasteiger partial charge < -0.3 is 85.8 Å². The Hall–Kier alpha value is -8.16. The minimum atomic E-state index is -1.15. The number of methoxy groups -OCH3 is 3. The standard InChI is InChI=1S/C55H77N13O11/c1-77-45-23-20-35(30-38(45)48(61)69)63-54(75)43(14-6-10-28-58)67-50(71)40-32-37(22-25-47(40)79-3)65-55(76)44(15-7-11-29-59)68-51(72)39-31-36(21-24-46(39)78-2)64-53(74)42(13-5-9-27-57)66-49(70)33-16-18-34(19-17-33)62-52(73)41(60)12-4-8-26-56/h16-25,30-32,41-44H,4-15,26-29,56-60H2,1-3H3,(H2,61,69)(H,62,73)(H,63,75)(H,64,74)(H,65,76)(H,66,70)(H,67,71)(H,68,72)/t41-,42-,43-,44-/m0/s1. The number of carbonyl (C=O) groups excluding carboxylic acids is 8. The number of amides is 8. The average Bonchev–Trinajstić information content (AvgIpc) is 3.44. The normalized spacial score (nSPS) is 12.4. The first-order valence-corrected chi connectivity index (χ1v) is 26.2. The van der Waals surface area contributed by atoms with Gasteiger partial charge in [0.15, 0.2) is 0 Å². The topological polar surface area (TPSA) is 405 Å². The zero-order valence-corrected chi connectivity index (χ0v) is 45.1. The third-order valence-electron chi connectivity index (χ3n) is 12.6. The molecule has 0 aliphatic heterocycles. The molecule has 4 aromatic rings. The molecule has 0 heterocycles. The van der Waals surface area contributed by atoms with E-state index in [-0.39, 0.29) is 81.7 Å². The van der Waals surface area contributed by atoms with Gasteiger partial charge in [0.2, 0.25) is 23.6 Å². The SMILES string of the molecule is COc1ccc(NC(=O)[C@H](CCCCN)NC(=O)c2cc(NC(=O)[C@H](CCCCN)NC(=O)c3cc(NC(=O)[C@H](CCCCN)NC(=O)c4ccc(NC(=O)[C@@H](N)CCCCN)cc4)ccc3OC)ccc2OC)cc1C(N)=O. The van der Waals surface area contributed by atoms with Crippen LogP contribution in [0.15, 0.2) is 78.9 Å². The number of carbonyl (C=O) groups is 8. The fourth-order valence-electron chi connectivity index (χ4n) is 8.17. The molecule has 24 heteroatoms. The number of nitrogens with one attached hydrogen (secondary N) is 7. The minimum absolute atomic E-state index is 0.0295. The van der Waals surface area contributed by atoms with Crippen molar-refractivity contribution in [2.24, 2.45) is 34.4 Å². The molecule has 0 radical (unpaired) electrons. The highest BCUT2D eigenvalue weighted by atomic mass is 16.5. The lowest BCUT2D eigenvalue weighted by Gasteiger charge is -2.21. The molecular formula is C55H77N13O11. The number of nitrogens with two attached hydrogens (primary N) is 6. The van der Waals surface area contributed by atoms with E-state index in [0.29, 0.717) is 83.2 Å². The van der Waals surface area contributed by atoms with Gasteiger partial charge in [-0.1, -0.05) is 6.42 Å². The predicted molar refractivity (Wildman–Crippen MR) is 302 cm³/mol. The summed E-state index contributed by atoms with van der Waals surface area (Å²) >= 11 is 0. The molecule has 0 aliphatic carbocycles. The Bertz CT molecular complexity index is 2710. The summed E-state index contributed by atoms with van der Waals surface area (Å²) in [6.45, 7) is 1.53. The lowest BCUT2D eigenvalue weighted by molar-refractivity contribution is -0.118. The van der Waals surface area contributed by atoms with E-state index in [1.807, 2.05) is 0 Å². The Morgan fingerprint density at radius 2 is 0.722 bits per heavy atom. The van der Waals surface area contributed by atoms with Gasteiger partial charge in [0, 0.05) is 28.3 Å². The highest BCUT2D eigenvalue weighted by Gasteiger charge is 2.28. The van der Waals surface area contributed by atoms with E-state index in [2.05, 4.69) is 37.2 Å². The van der Waals surface area contributed by atoms with Gasteiger partial charge in [-0.15, -0.1) is 0 Å². The third-order valence-corrected chi connectivity index (χ3v) is 12.6. The maximum atomic E-state index is 14.2. The first kappa shape index (κ1) is 63.4. The van der Waals surface area contributed by atoms with Crippen molar-refractivity contribution in [3.63, 3.8) is 0 Å². The number of hydrogen-bond acceptors (Lipinski definition) is 16. The molecule has 4 rings (SSSR count). The summed E-state index contributed by atoms with van der Waals surface area (Å²) < 4.78 is 16.2. The van der Waals surface area contributed by atoms with E-state index in [9.17, 15) is 38.4 Å². The summed E-state index contributed by atoms with van der Waals surface area (Å²) in [5, 5.41) is 19.3. The van der Waals surface area contributed by atoms with E-state index in [0.717, 1.165) is 6.42 Å². The molecule has 79 heavy (non-hydrogen) atoms. The van der Waals surface area contributed by atoms with E-state index in [1.165, 1.54) is 88.1 Å². The van der Waals surface area contributed by atoms with Crippen molar-refractivity contribution in [3.8, 4) is 17.2 Å². The molecule has 0 aromatic heterocycles. The molecule has 0 aliphatic rings. The monoisotopic (exact) mass is 1100 g/mol. The highest BCUT2D eigenvalue weighted by Crippen LogP contribution is 2.27. The first-order chi connectivity index (χ1) is 38.0. The van der Waals surface area contributed by atoms with Crippen molar-refractivity contribution in [1.82, 2.24) is 16.0 Å². The van der Waals surface area contributed by atoms with Gasteiger partial charge in [0.25, 0.3) is 23.6 Å². The Kier molecular flexibility index (Phi) is 26.6. The van der Waals surface area contributed by atoms with Crippen LogP contribution in [0.25, 0.3) is 0 Å². The zero-order chi connectivity index (χ0) is 57.9. The van der Waals surface area contributed by atoms with Gasteiger partial charge in [0.05, 0.1) is 44.1 Å². The highest BCUT2D eigenvalue weighted by molar-refractivity contribution is 6.07. The van der Waals surface area contributed by atoms with Crippen LogP contribution in [0, 0.1) is 0 Å². The van der Waals surface area contributed by atoms with Crippen LogP contribution in [0.2, 0.25) is 0 Å². The minimum Gasteiger partial charge on any atom is -0.496 e. The molecule has 0 bridgehead atoms. The predicted octanol–water partition coefficient (Wildman–Crippen LogP) is 2.80. The van der Waals surface area contributed by atoms with E-state index in [4.69, 9.17) is 48.6 Å². The summed E-state index contributed by atoms with van der Waals surface area (Å²) in [6.07, 6.45) is 5.59. The maximum Gasteiger partial charge on any atom is 0.255 e. The Morgan fingerprint density at radius 1 is 0.405 bits per heavy atom. The van der Waals surface area contributed by atoms with Crippen molar-refractivity contribution in [3.05, 3.63) is 101 Å². The summed E-state index contributed by atoms with van der Waals surface area (Å²) in [6, 6.07) is 15.2. The summed E-state index contributed by atoms with van der Waals surface area (Å²) in [7, 11) is 4.08. The van der Waals surface area contributed by atoms with Gasteiger partial charge >= 0.3 is 0 Å². The molecule has 0 spiro atoms. The van der Waals surface area contributed by atoms with Crippen LogP contribution in [-0.4, -0.2) is 119 Å². The van der Waals surface area contributed by atoms with Crippen LogP contribution in [0.3, 0.4) is 0 Å². The molecule has 4 aromatic carbocycles. The van der Waals surface area contributed by atoms with Gasteiger partial charge in [-0.2, -0.15) is 0 Å². The molecule has 4 atom stereocenters. The average molecular weight is 1100 g/mol. The third kappa shape index (κ3) is 20.0. The number of benzene rings is 4. The van der Waals surface area contributed by atoms with Crippen LogP contribution >= 0.6 is 0 Å². The summed E-state index contributed by atoms with van der Waals surface area (Å²) in [5.74, 6) is -4.50. The number of hydrogen-bond donors (Lipinski definition) is 13. The van der Waals surface area contributed by atoms with Gasteiger partial charge in [-0.25, -0.2) is 0 Å². The fourth-order valence-corrected chi connectivity index (χ4v) is 8.17. The fraction of sp³-hybridized carbons (Fsp3) is 0.418. The number of ether oxygens (including phenoxy) is 3. The van der Waals surface area contributed by atoms with Crippen molar-refractivity contribution in [2.45, 2.75) is 101 Å². The summed E-state index contributed by atoms with van der Waals surface area (Å²) in [5.41, 5.74) is 35.5. The smallest absolute Gasteiger partial charge is 0.255 e. The van der Waals surface area contributed by atoms with Crippen molar-refractivity contribution in [1.29, 1.82) is 0 Å². The van der Waals surface area contributed by atoms with E-state index >= 15 is 0 Å². The van der Waals surface area contributed by atoms with Crippen LogP contribution in [0.1, 0.15) is 118 Å². The quantitative estimate of drug-likeness (QED) is 0.0299. The second kappa shape index (κ2) is 33.2. The molecule has 0 fully saturated rings. The molecular weight excluding hydrogens is 1020 g/mol. The molecule has 428 valence electrons. The van der Waals surface area contributed by atoms with E-state index in [1.54, 1.807) is 12.1 Å². The van der Waals surface area contributed by atoms with Crippen molar-refractivity contribution >= 4 is 70.0 Å². The molecule has 0 saturated carbocycles. The van der Waals surface area contributed by atoms with Crippen LogP contribution < -0.4 is 85.8 Å². The lowest BCUT2D eigenvalue weighted by Crippen LogP contribution is -2.44. The molecule has 24 nitrogen and oxygen atoms in total. The largest absolute Gasteiger partial charge is 0.496 e. The van der Waals surface area contributed by atoms with Gasteiger partial charge in [-0.05, 0) is 176 Å². The second-order valence-corrected chi connectivity index (χ2v) is 18.5. The lowest BCUT2D eigenvalue weighted by atomic mass is 10.1. The number of rotatable bonds is 34. The number of primary amides is 1. The van der Waals surface area contributed by atoms with Crippen LogP contribution in [0.4, 0.5) is 22.7 Å². The molecule has 8 amide bonds. The Balaban J connectivity index is 1.51. The van der Waals surface area contributed by atoms with Crippen LogP contribution in [0.5, 0.6) is 17.2 Å². The van der Waals surface area contributed by atoms with Crippen molar-refractivity contribution in [2.75, 3.05) is 68.8 Å². The zero-order valence-electron chi connectivity index (χ0n) is 45.1. The molecule has 0 saturated heterocycles. The molecule has 19 N–H and O–H groups in total. The van der Waals surface area contributed by atoms with Crippen LogP contribution in [-0.2, 0) is 19.2 Å². The van der Waals surface area contributed by atoms with Crippen molar-refractivity contribution < 1.29 is 52.6 Å². The Labute approximate surface area is 459 Å². The second-order valence-electron chi connectivity index (χ2n) is 18.5. The maximum absolute atomic E-state index is 14.2. The number of anilines is 4. The van der Waals surface area contributed by atoms with Gasteiger partial charge in [0.1, 0.15) is 35.4 Å². The van der Waals surface area contributed by atoms with Gasteiger partial charge in [-0.3, -0.25) is 38.4 Å². The number of unbranched alkanes of at least 4 members (excludes halogenated alkanes) is 4. The molecule has 0 unspecified atom stereocenters. The Morgan fingerprint density at radius 3 is 1.08 bits per heavy atom.